The van der Waals surface area contributed by atoms with Crippen LogP contribution in [0.4, 0.5) is 15.3 Å². The Balaban J connectivity index is 1.90. The van der Waals surface area contributed by atoms with E-state index in [0.717, 1.165) is 35.6 Å². The molecule has 40 heavy (non-hydrogen) atoms. The summed E-state index contributed by atoms with van der Waals surface area (Å²) in [6.07, 6.45) is 3.66. The summed E-state index contributed by atoms with van der Waals surface area (Å²) in [6.45, 7) is 11.9. The molecule has 1 saturated carbocycles. The Morgan fingerprint density at radius 2 is 1.62 bits per heavy atom. The maximum atomic E-state index is 14.2. The zero-order chi connectivity index (χ0) is 29.6. The lowest BCUT2D eigenvalue weighted by atomic mass is 9.86. The topological polar surface area (TPSA) is 136 Å². The van der Waals surface area contributed by atoms with E-state index in [9.17, 15) is 18.6 Å². The molecule has 1 aromatic heterocycles. The van der Waals surface area contributed by atoms with Gasteiger partial charge in [-0.2, -0.15) is 4.36 Å². The fourth-order valence-corrected chi connectivity index (χ4v) is 7.69. The van der Waals surface area contributed by atoms with Crippen LogP contribution < -0.4 is 10.6 Å². The molecule has 3 rings (SSSR count). The summed E-state index contributed by atoms with van der Waals surface area (Å²) in [5.41, 5.74) is 1.05. The zero-order valence-corrected chi connectivity index (χ0v) is 25.8. The molecular formula is C28H40N4O6S2. The largest absolute Gasteiger partial charge is 0.447 e. The molecule has 12 heteroatoms. The van der Waals surface area contributed by atoms with E-state index in [1.165, 1.54) is 18.3 Å². The first-order chi connectivity index (χ1) is 18.8. The quantitative estimate of drug-likeness (QED) is 0.348. The van der Waals surface area contributed by atoms with Crippen LogP contribution in [0.25, 0.3) is 10.4 Å². The van der Waals surface area contributed by atoms with Crippen molar-refractivity contribution < 1.29 is 28.1 Å². The van der Waals surface area contributed by atoms with Crippen molar-refractivity contribution in [3.63, 3.8) is 0 Å². The van der Waals surface area contributed by atoms with Gasteiger partial charge in [0.25, 0.3) is 5.91 Å². The maximum absolute atomic E-state index is 14.2. The number of hydrogen-bond acceptors (Lipinski definition) is 8. The second-order valence-electron chi connectivity index (χ2n) is 10.7. The zero-order valence-electron chi connectivity index (χ0n) is 24.2. The maximum Gasteiger partial charge on any atom is 0.411 e. The van der Waals surface area contributed by atoms with E-state index in [-0.39, 0.29) is 30.3 Å². The normalized spacial score (nSPS) is 18.8. The molecule has 2 N–H and O–H groups in total. The molecule has 2 aromatic rings. The summed E-state index contributed by atoms with van der Waals surface area (Å²) < 4.78 is 28.7. The average Bonchev–Trinajstić information content (AvgIpc) is 3.33. The second-order valence-corrected chi connectivity index (χ2v) is 14.5. The van der Waals surface area contributed by atoms with Crippen LogP contribution in [0.5, 0.6) is 0 Å². The van der Waals surface area contributed by atoms with Crippen LogP contribution in [0.15, 0.2) is 33.7 Å². The highest BCUT2D eigenvalue weighted by atomic mass is 32.2. The van der Waals surface area contributed by atoms with Crippen molar-refractivity contribution in [2.75, 3.05) is 5.32 Å². The third-order valence-electron chi connectivity index (χ3n) is 6.32. The van der Waals surface area contributed by atoms with Gasteiger partial charge in [-0.25, -0.2) is 18.8 Å². The fraction of sp³-hybridized carbons (Fsp3) is 0.571. The number of nitrogens with one attached hydrogen (secondary N) is 2. The van der Waals surface area contributed by atoms with Gasteiger partial charge < -0.3 is 14.8 Å². The summed E-state index contributed by atoms with van der Waals surface area (Å²) in [4.78, 5) is 42.1. The number of aromatic nitrogens is 1. The van der Waals surface area contributed by atoms with Crippen molar-refractivity contribution in [1.29, 1.82) is 0 Å². The number of rotatable bonds is 8. The molecule has 10 nitrogen and oxygen atoms in total. The highest BCUT2D eigenvalue weighted by Gasteiger charge is 2.28. The lowest BCUT2D eigenvalue weighted by molar-refractivity contribution is -0.115. The van der Waals surface area contributed by atoms with Crippen LogP contribution in [-0.4, -0.2) is 50.8 Å². The molecular weight excluding hydrogens is 552 g/mol. The number of carbonyl (C=O) groups excluding carboxylic acids is 3. The molecule has 220 valence electrons. The summed E-state index contributed by atoms with van der Waals surface area (Å²) in [5.74, 6) is -0.292. The van der Waals surface area contributed by atoms with E-state index in [4.69, 9.17) is 14.5 Å². The number of amides is 3. The van der Waals surface area contributed by atoms with E-state index in [1.54, 1.807) is 52.1 Å². The van der Waals surface area contributed by atoms with Gasteiger partial charge >= 0.3 is 12.2 Å². The van der Waals surface area contributed by atoms with Crippen LogP contribution in [0.2, 0.25) is 0 Å². The van der Waals surface area contributed by atoms with Gasteiger partial charge in [0.1, 0.15) is 0 Å². The summed E-state index contributed by atoms with van der Waals surface area (Å²) in [7, 11) is -3.18. The molecule has 1 atom stereocenters. The Labute approximate surface area is 240 Å². The summed E-state index contributed by atoms with van der Waals surface area (Å²) in [6, 6.07) is 5.16. The highest BCUT2D eigenvalue weighted by Crippen LogP contribution is 2.41. The van der Waals surface area contributed by atoms with E-state index >= 15 is 0 Å². The Hall–Kier alpha value is -2.99. The van der Waals surface area contributed by atoms with E-state index < -0.39 is 27.0 Å². The molecule has 1 aromatic carbocycles. The predicted molar refractivity (Wildman–Crippen MR) is 157 cm³/mol. The van der Waals surface area contributed by atoms with Crippen molar-refractivity contribution >= 4 is 44.8 Å². The van der Waals surface area contributed by atoms with Gasteiger partial charge in [-0.3, -0.25) is 10.1 Å². The molecule has 1 fully saturated rings. The number of carbonyl (C=O) groups is 3. The Kier molecular flexibility index (Phi) is 10.7. The van der Waals surface area contributed by atoms with Gasteiger partial charge in [0.2, 0.25) is 0 Å². The van der Waals surface area contributed by atoms with Crippen LogP contribution in [0.3, 0.4) is 0 Å². The summed E-state index contributed by atoms with van der Waals surface area (Å²) in [5, 5.41) is 6.12. The van der Waals surface area contributed by atoms with Crippen LogP contribution in [0.1, 0.15) is 85.1 Å². The number of hydrogen-bond donors (Lipinski definition) is 2. The van der Waals surface area contributed by atoms with Gasteiger partial charge in [0.05, 0.1) is 36.7 Å². The molecule has 1 aliphatic carbocycles. The Bertz CT molecular complexity index is 1340. The first kappa shape index (κ1) is 31.5. The second kappa shape index (κ2) is 13.6. The first-order valence-corrected chi connectivity index (χ1v) is 16.0. The fourth-order valence-electron chi connectivity index (χ4n) is 4.51. The molecule has 0 bridgehead atoms. The van der Waals surface area contributed by atoms with Crippen LogP contribution in [0, 0.1) is 0 Å². The van der Waals surface area contributed by atoms with Gasteiger partial charge in [-0.1, -0.05) is 6.07 Å². The Morgan fingerprint density at radius 3 is 2.20 bits per heavy atom. The number of alkyl carbamates (subject to hydrolysis) is 1. The van der Waals surface area contributed by atoms with Crippen LogP contribution >= 0.6 is 11.3 Å². The molecule has 0 saturated heterocycles. The smallest absolute Gasteiger partial charge is 0.411 e. The third kappa shape index (κ3) is 8.26. The lowest BCUT2D eigenvalue weighted by Crippen LogP contribution is -2.38. The van der Waals surface area contributed by atoms with Crippen molar-refractivity contribution in [1.82, 2.24) is 10.3 Å². The minimum absolute atomic E-state index is 0.0693. The van der Waals surface area contributed by atoms with Crippen molar-refractivity contribution in [2.24, 2.45) is 4.36 Å². The molecule has 1 heterocycles. The van der Waals surface area contributed by atoms with Gasteiger partial charge in [0.15, 0.2) is 0 Å². The number of benzene rings is 1. The van der Waals surface area contributed by atoms with Gasteiger partial charge in [0, 0.05) is 41.6 Å². The molecule has 0 spiro atoms. The summed E-state index contributed by atoms with van der Waals surface area (Å²) >= 11 is 1.52. The number of nitrogens with zero attached hydrogens (tertiary/aromatic N) is 2. The molecule has 0 radical (unpaired) electrons. The predicted octanol–water partition coefficient (Wildman–Crippen LogP) is 6.71. The minimum Gasteiger partial charge on any atom is -0.447 e. The molecule has 1 aliphatic rings. The first-order valence-electron chi connectivity index (χ1n) is 13.6. The molecule has 3 amide bonds. The Morgan fingerprint density at radius 1 is 1.00 bits per heavy atom. The van der Waals surface area contributed by atoms with Crippen molar-refractivity contribution in [3.05, 3.63) is 29.4 Å². The molecule has 0 aliphatic heterocycles. The number of anilines is 1. The van der Waals surface area contributed by atoms with Gasteiger partial charge in [-0.15, -0.1) is 11.3 Å². The van der Waals surface area contributed by atoms with Crippen molar-refractivity contribution in [3.8, 4) is 10.4 Å². The number of ether oxygens (including phenoxy) is 2. The van der Waals surface area contributed by atoms with Gasteiger partial charge in [-0.05, 0) is 79.4 Å². The SMILES string of the molecule is CC(=O)N=S(=O)(c1cc(NC(=O)OC(C)C)ccc1-c1cnc(C2CCC(NC(=O)OC(C)C)CC2)s1)C(C)C. The minimum atomic E-state index is -3.18. The standard InChI is InChI=1S/C28H40N4O6S2/c1-16(2)37-27(34)30-21-10-8-20(9-11-21)26-29-15-24(39-26)23-13-12-22(31-28(35)38-17(3)4)14-25(23)40(36,18(5)6)32-19(7)33/h12-18,20-21H,8-11H2,1-7H3,(H,30,34)(H,31,35). The highest BCUT2D eigenvalue weighted by molar-refractivity contribution is 7.94. The number of thiazole rings is 1. The van der Waals surface area contributed by atoms with Crippen molar-refractivity contribution in [2.45, 2.75) is 108 Å². The average molecular weight is 593 g/mol. The van der Waals surface area contributed by atoms with E-state index in [1.807, 2.05) is 13.8 Å². The van der Waals surface area contributed by atoms with Crippen LogP contribution in [-0.2, 0) is 24.0 Å². The lowest BCUT2D eigenvalue weighted by Gasteiger charge is -2.28. The van der Waals surface area contributed by atoms with E-state index in [2.05, 4.69) is 15.0 Å². The monoisotopic (exact) mass is 592 g/mol. The van der Waals surface area contributed by atoms with E-state index in [0.29, 0.717) is 16.1 Å². The third-order valence-corrected chi connectivity index (χ3v) is 10.3. The molecule has 1 unspecified atom stereocenters.